The third kappa shape index (κ3) is 4.15. The number of hydrogen-bond donors (Lipinski definition) is 3. The number of benzene rings is 1. The highest BCUT2D eigenvalue weighted by atomic mass is 32.2. The van der Waals surface area contributed by atoms with Crippen molar-refractivity contribution >= 4 is 21.1 Å². The Hall–Kier alpha value is -2.76. The van der Waals surface area contributed by atoms with Gasteiger partial charge in [-0.25, -0.2) is 22.8 Å². The number of fused-ring (bicyclic) bond motifs is 1. The van der Waals surface area contributed by atoms with Gasteiger partial charge in [0, 0.05) is 25.6 Å². The van der Waals surface area contributed by atoms with Crippen LogP contribution < -0.4 is 15.0 Å². The lowest BCUT2D eigenvalue weighted by Crippen LogP contribution is -2.26. The van der Waals surface area contributed by atoms with Gasteiger partial charge in [-0.1, -0.05) is 19.3 Å². The van der Waals surface area contributed by atoms with Gasteiger partial charge < -0.3 is 14.8 Å². The number of rotatable bonds is 7. The standard InChI is InChI=1S/C21H27N5O5S/c1-26-20-17(18(25-26)13-6-4-3-5-7-13)21(28)24-19(23-20)15-9-8-14(12-16(15)31-2)32(29,30)22-10-11-27/h8-9,12-13,22,27H,3-7,10-11H2,1-2H3,(H,23,24,28). The van der Waals surface area contributed by atoms with E-state index in [9.17, 15) is 13.2 Å². The Morgan fingerprint density at radius 2 is 2.03 bits per heavy atom. The number of nitrogens with zero attached hydrogens (tertiary/aromatic N) is 3. The van der Waals surface area contributed by atoms with Crippen LogP contribution in [0, 0.1) is 0 Å². The number of sulfonamides is 1. The van der Waals surface area contributed by atoms with Crippen LogP contribution in [0.5, 0.6) is 5.75 Å². The van der Waals surface area contributed by atoms with Crippen molar-refractivity contribution in [1.82, 2.24) is 24.5 Å². The van der Waals surface area contributed by atoms with Crippen LogP contribution in [-0.2, 0) is 17.1 Å². The molecule has 0 atom stereocenters. The Balaban J connectivity index is 1.78. The largest absolute Gasteiger partial charge is 0.496 e. The molecule has 32 heavy (non-hydrogen) atoms. The Bertz CT molecular complexity index is 1290. The summed E-state index contributed by atoms with van der Waals surface area (Å²) in [7, 11) is -0.626. The van der Waals surface area contributed by atoms with E-state index in [1.165, 1.54) is 31.7 Å². The molecule has 11 heteroatoms. The number of hydrogen-bond acceptors (Lipinski definition) is 7. The van der Waals surface area contributed by atoms with Gasteiger partial charge in [-0.2, -0.15) is 5.10 Å². The number of aliphatic hydroxyl groups is 1. The number of aryl methyl sites for hydroxylation is 1. The van der Waals surface area contributed by atoms with Crippen molar-refractivity contribution in [3.05, 3.63) is 34.2 Å². The van der Waals surface area contributed by atoms with Crippen LogP contribution in [0.25, 0.3) is 22.4 Å². The molecule has 0 aliphatic heterocycles. The zero-order valence-corrected chi connectivity index (χ0v) is 18.9. The Morgan fingerprint density at radius 3 is 2.72 bits per heavy atom. The SMILES string of the molecule is COc1cc(S(=O)(=O)NCCO)ccc1-c1nc2c(c(C3CCCCC3)nn2C)c(=O)[nH]1. The lowest BCUT2D eigenvalue weighted by atomic mass is 9.86. The van der Waals surface area contributed by atoms with E-state index in [-0.39, 0.29) is 41.1 Å². The van der Waals surface area contributed by atoms with Crippen molar-refractivity contribution in [2.45, 2.75) is 42.9 Å². The average molecular weight is 462 g/mol. The second-order valence-electron chi connectivity index (χ2n) is 7.94. The van der Waals surface area contributed by atoms with Gasteiger partial charge in [-0.3, -0.25) is 4.79 Å². The molecule has 2 heterocycles. The van der Waals surface area contributed by atoms with Crippen LogP contribution in [0.15, 0.2) is 27.9 Å². The molecule has 1 aliphatic carbocycles. The minimum atomic E-state index is -3.81. The fourth-order valence-electron chi connectivity index (χ4n) is 4.27. The second-order valence-corrected chi connectivity index (χ2v) is 9.71. The van der Waals surface area contributed by atoms with Gasteiger partial charge in [-0.05, 0) is 25.0 Å². The van der Waals surface area contributed by atoms with Crippen LogP contribution >= 0.6 is 0 Å². The van der Waals surface area contributed by atoms with E-state index >= 15 is 0 Å². The summed E-state index contributed by atoms with van der Waals surface area (Å²) < 4.78 is 34.1. The van der Waals surface area contributed by atoms with Crippen LogP contribution in [0.3, 0.4) is 0 Å². The molecule has 2 aromatic heterocycles. The van der Waals surface area contributed by atoms with Crippen molar-refractivity contribution in [2.75, 3.05) is 20.3 Å². The first kappa shape index (κ1) is 22.4. The summed E-state index contributed by atoms with van der Waals surface area (Å²) in [5, 5.41) is 14.0. The van der Waals surface area contributed by atoms with Gasteiger partial charge in [0.1, 0.15) is 17.0 Å². The molecule has 3 N–H and O–H groups in total. The number of methoxy groups -OCH3 is 1. The maximum Gasteiger partial charge on any atom is 0.262 e. The van der Waals surface area contributed by atoms with Gasteiger partial charge in [0.25, 0.3) is 5.56 Å². The van der Waals surface area contributed by atoms with Gasteiger partial charge in [0.15, 0.2) is 5.65 Å². The summed E-state index contributed by atoms with van der Waals surface area (Å²) in [5.74, 6) is 0.769. The van der Waals surface area contributed by atoms with Gasteiger partial charge in [0.2, 0.25) is 10.0 Å². The van der Waals surface area contributed by atoms with E-state index in [1.54, 1.807) is 11.7 Å². The summed E-state index contributed by atoms with van der Waals surface area (Å²) in [6, 6.07) is 4.29. The first-order chi connectivity index (χ1) is 15.4. The zero-order valence-electron chi connectivity index (χ0n) is 18.1. The molecule has 0 bridgehead atoms. The highest BCUT2D eigenvalue weighted by Crippen LogP contribution is 2.35. The minimum absolute atomic E-state index is 0.0184. The molecular weight excluding hydrogens is 434 g/mol. The molecule has 3 aromatic rings. The van der Waals surface area contributed by atoms with Crippen molar-refractivity contribution in [3.63, 3.8) is 0 Å². The second kappa shape index (κ2) is 9.00. The van der Waals surface area contributed by atoms with E-state index in [1.807, 2.05) is 0 Å². The molecule has 0 spiro atoms. The molecule has 4 rings (SSSR count). The maximum atomic E-state index is 13.1. The van der Waals surface area contributed by atoms with Crippen molar-refractivity contribution in [1.29, 1.82) is 0 Å². The molecule has 0 unspecified atom stereocenters. The lowest BCUT2D eigenvalue weighted by molar-refractivity contribution is 0.301. The molecule has 1 aliphatic rings. The first-order valence-corrected chi connectivity index (χ1v) is 12.1. The Kier molecular flexibility index (Phi) is 6.31. The van der Waals surface area contributed by atoms with Crippen LogP contribution in [0.1, 0.15) is 43.7 Å². The summed E-state index contributed by atoms with van der Waals surface area (Å²) in [6.07, 6.45) is 5.50. The maximum absolute atomic E-state index is 13.1. The quantitative estimate of drug-likeness (QED) is 0.486. The number of aromatic amines is 1. The van der Waals surface area contributed by atoms with Crippen molar-refractivity contribution < 1.29 is 18.3 Å². The predicted octanol–water partition coefficient (Wildman–Crippen LogP) is 1.65. The van der Waals surface area contributed by atoms with Crippen molar-refractivity contribution in [3.8, 4) is 17.1 Å². The molecule has 0 radical (unpaired) electrons. The Labute approximate surface area is 185 Å². The predicted molar refractivity (Wildman–Crippen MR) is 119 cm³/mol. The van der Waals surface area contributed by atoms with Crippen LogP contribution in [-0.4, -0.2) is 53.5 Å². The molecule has 0 amide bonds. The fraction of sp³-hybridized carbons (Fsp3) is 0.476. The summed E-state index contributed by atoms with van der Waals surface area (Å²) in [5.41, 5.74) is 1.45. The topological polar surface area (TPSA) is 139 Å². The van der Waals surface area contributed by atoms with E-state index in [0.29, 0.717) is 16.6 Å². The lowest BCUT2D eigenvalue weighted by Gasteiger charge is -2.19. The van der Waals surface area contributed by atoms with Crippen LogP contribution in [0.2, 0.25) is 0 Å². The highest BCUT2D eigenvalue weighted by molar-refractivity contribution is 7.89. The minimum Gasteiger partial charge on any atom is -0.496 e. The molecule has 172 valence electrons. The fourth-order valence-corrected chi connectivity index (χ4v) is 5.31. The third-order valence-electron chi connectivity index (χ3n) is 5.85. The number of ether oxygens (including phenoxy) is 1. The highest BCUT2D eigenvalue weighted by Gasteiger charge is 2.25. The summed E-state index contributed by atoms with van der Waals surface area (Å²) in [6.45, 7) is -0.408. The normalized spacial score (nSPS) is 15.3. The van der Waals surface area contributed by atoms with Crippen LogP contribution in [0.4, 0.5) is 0 Å². The molecular formula is C21H27N5O5S. The number of nitrogens with one attached hydrogen (secondary N) is 2. The third-order valence-corrected chi connectivity index (χ3v) is 7.31. The van der Waals surface area contributed by atoms with Crippen molar-refractivity contribution in [2.24, 2.45) is 7.05 Å². The summed E-state index contributed by atoms with van der Waals surface area (Å²) in [4.78, 5) is 20.5. The van der Waals surface area contributed by atoms with E-state index in [4.69, 9.17) is 9.84 Å². The molecule has 1 fully saturated rings. The van der Waals surface area contributed by atoms with Gasteiger partial charge >= 0.3 is 0 Å². The molecule has 10 nitrogen and oxygen atoms in total. The Morgan fingerprint density at radius 1 is 1.28 bits per heavy atom. The van der Waals surface area contributed by atoms with Gasteiger partial charge in [0.05, 0.1) is 29.9 Å². The average Bonchev–Trinajstić information content (AvgIpc) is 3.15. The van der Waals surface area contributed by atoms with E-state index in [0.717, 1.165) is 31.4 Å². The first-order valence-electron chi connectivity index (χ1n) is 10.6. The van der Waals surface area contributed by atoms with E-state index < -0.39 is 10.0 Å². The smallest absolute Gasteiger partial charge is 0.262 e. The monoisotopic (exact) mass is 461 g/mol. The summed E-state index contributed by atoms with van der Waals surface area (Å²) >= 11 is 0. The molecule has 1 saturated carbocycles. The zero-order chi connectivity index (χ0) is 22.9. The number of aliphatic hydroxyl groups excluding tert-OH is 1. The number of aromatic nitrogens is 4. The molecule has 1 aromatic carbocycles. The van der Waals surface area contributed by atoms with E-state index in [2.05, 4.69) is 19.8 Å². The number of H-pyrrole nitrogens is 1. The van der Waals surface area contributed by atoms with Gasteiger partial charge in [-0.15, -0.1) is 0 Å². The molecule has 0 saturated heterocycles.